The van der Waals surface area contributed by atoms with Gasteiger partial charge in [0.2, 0.25) is 0 Å². The Morgan fingerprint density at radius 1 is 1.50 bits per heavy atom. The molecule has 0 aromatic carbocycles. The first-order valence-corrected chi connectivity index (χ1v) is 5.15. The molecule has 2 aromatic rings. The van der Waals surface area contributed by atoms with E-state index in [1.807, 2.05) is 0 Å². The number of tetrazole rings is 1. The van der Waals surface area contributed by atoms with E-state index in [0.717, 1.165) is 23.7 Å². The summed E-state index contributed by atoms with van der Waals surface area (Å²) in [5.41, 5.74) is 7.18. The second-order valence-corrected chi connectivity index (χ2v) is 3.62. The maximum Gasteiger partial charge on any atom is 0.193 e. The van der Waals surface area contributed by atoms with Crippen LogP contribution in [-0.2, 0) is 6.54 Å². The third kappa shape index (κ3) is 1.78. The van der Waals surface area contributed by atoms with Crippen LogP contribution in [0.1, 0.15) is 6.42 Å². The maximum absolute atomic E-state index is 5.42. The lowest BCUT2D eigenvalue weighted by Crippen LogP contribution is -2.08. The minimum Gasteiger partial charge on any atom is -0.330 e. The van der Waals surface area contributed by atoms with E-state index in [-0.39, 0.29) is 0 Å². The molecule has 6 nitrogen and oxygen atoms in total. The van der Waals surface area contributed by atoms with Crippen molar-refractivity contribution in [3.8, 4) is 10.7 Å². The van der Waals surface area contributed by atoms with Crippen molar-refractivity contribution in [1.82, 2.24) is 25.2 Å². The Labute approximate surface area is 84.8 Å². The molecule has 14 heavy (non-hydrogen) atoms. The second kappa shape index (κ2) is 4.25. The number of aromatic nitrogens is 5. The highest BCUT2D eigenvalue weighted by Crippen LogP contribution is 2.19. The van der Waals surface area contributed by atoms with Crippen molar-refractivity contribution >= 4 is 11.3 Å². The van der Waals surface area contributed by atoms with Crippen molar-refractivity contribution in [3.63, 3.8) is 0 Å². The SMILES string of the molecule is NCCCn1nnnc1-c1cncs1. The van der Waals surface area contributed by atoms with Gasteiger partial charge in [-0.25, -0.2) is 4.68 Å². The van der Waals surface area contributed by atoms with Crippen LogP contribution in [0.4, 0.5) is 0 Å². The van der Waals surface area contributed by atoms with Gasteiger partial charge in [0.1, 0.15) is 0 Å². The van der Waals surface area contributed by atoms with Gasteiger partial charge in [0.15, 0.2) is 5.82 Å². The van der Waals surface area contributed by atoms with Gasteiger partial charge in [-0.05, 0) is 23.4 Å². The second-order valence-electron chi connectivity index (χ2n) is 2.73. The highest BCUT2D eigenvalue weighted by Gasteiger charge is 2.09. The number of nitrogens with two attached hydrogens (primary N) is 1. The Morgan fingerprint density at radius 3 is 3.14 bits per heavy atom. The number of nitrogens with zero attached hydrogens (tertiary/aromatic N) is 5. The normalized spacial score (nSPS) is 10.6. The Bertz CT molecular complexity index is 381. The van der Waals surface area contributed by atoms with Crippen LogP contribution in [0.3, 0.4) is 0 Å². The largest absolute Gasteiger partial charge is 0.330 e. The first-order chi connectivity index (χ1) is 6.92. The van der Waals surface area contributed by atoms with Crippen molar-refractivity contribution in [2.75, 3.05) is 6.54 Å². The Balaban J connectivity index is 2.22. The molecule has 0 aliphatic heterocycles. The number of hydrogen-bond acceptors (Lipinski definition) is 6. The molecule has 2 rings (SSSR count). The summed E-state index contributed by atoms with van der Waals surface area (Å²) in [5, 5.41) is 11.5. The smallest absolute Gasteiger partial charge is 0.193 e. The van der Waals surface area contributed by atoms with Gasteiger partial charge in [0.05, 0.1) is 10.4 Å². The highest BCUT2D eigenvalue weighted by atomic mass is 32.1. The summed E-state index contributed by atoms with van der Waals surface area (Å²) in [6.07, 6.45) is 2.63. The molecule has 2 heterocycles. The van der Waals surface area contributed by atoms with Crippen LogP contribution in [0.2, 0.25) is 0 Å². The zero-order chi connectivity index (χ0) is 9.80. The van der Waals surface area contributed by atoms with Crippen molar-refractivity contribution in [2.24, 2.45) is 5.73 Å². The average Bonchev–Trinajstić information content (AvgIpc) is 2.84. The fourth-order valence-corrected chi connectivity index (χ4v) is 1.71. The standard InChI is InChI=1S/C7H10N6S/c8-2-1-3-13-7(10-11-12-13)6-4-9-5-14-6/h4-5H,1-3,8H2. The molecule has 7 heteroatoms. The van der Waals surface area contributed by atoms with Gasteiger partial charge in [0.25, 0.3) is 0 Å². The molecule has 2 aromatic heterocycles. The van der Waals surface area contributed by atoms with Crippen molar-refractivity contribution in [2.45, 2.75) is 13.0 Å². The van der Waals surface area contributed by atoms with Crippen LogP contribution in [0.5, 0.6) is 0 Å². The van der Waals surface area contributed by atoms with Gasteiger partial charge < -0.3 is 5.73 Å². The average molecular weight is 210 g/mol. The maximum atomic E-state index is 5.42. The van der Waals surface area contributed by atoms with Gasteiger partial charge in [-0.15, -0.1) is 16.4 Å². The van der Waals surface area contributed by atoms with Crippen LogP contribution in [0.25, 0.3) is 10.7 Å². The van der Waals surface area contributed by atoms with E-state index in [1.54, 1.807) is 16.4 Å². The van der Waals surface area contributed by atoms with Crippen LogP contribution >= 0.6 is 11.3 Å². The molecule has 74 valence electrons. The lowest BCUT2D eigenvalue weighted by molar-refractivity contribution is 0.569. The molecule has 0 amide bonds. The minimum atomic E-state index is 0.641. The molecular weight excluding hydrogens is 200 g/mol. The predicted octanol–water partition coefficient (Wildman–Crippen LogP) is 0.145. The van der Waals surface area contributed by atoms with Crippen molar-refractivity contribution in [1.29, 1.82) is 0 Å². The molecule has 0 bridgehead atoms. The Morgan fingerprint density at radius 2 is 2.43 bits per heavy atom. The summed E-state index contributed by atoms with van der Waals surface area (Å²) >= 11 is 1.52. The molecule has 0 saturated heterocycles. The molecule has 0 fully saturated rings. The molecule has 0 spiro atoms. The first-order valence-electron chi connectivity index (χ1n) is 4.27. The van der Waals surface area contributed by atoms with E-state index in [4.69, 9.17) is 5.73 Å². The van der Waals surface area contributed by atoms with E-state index in [2.05, 4.69) is 20.5 Å². The molecule has 2 N–H and O–H groups in total. The van der Waals surface area contributed by atoms with Gasteiger partial charge in [-0.2, -0.15) is 0 Å². The number of thiazole rings is 1. The molecule has 0 saturated carbocycles. The summed E-state index contributed by atoms with van der Waals surface area (Å²) in [4.78, 5) is 4.96. The summed E-state index contributed by atoms with van der Waals surface area (Å²) in [7, 11) is 0. The number of hydrogen-bond donors (Lipinski definition) is 1. The molecule has 0 radical (unpaired) electrons. The van der Waals surface area contributed by atoms with E-state index >= 15 is 0 Å². The quantitative estimate of drug-likeness (QED) is 0.776. The summed E-state index contributed by atoms with van der Waals surface area (Å²) < 4.78 is 1.75. The van der Waals surface area contributed by atoms with Crippen molar-refractivity contribution in [3.05, 3.63) is 11.7 Å². The fourth-order valence-electron chi connectivity index (χ4n) is 1.10. The molecule has 0 atom stereocenters. The van der Waals surface area contributed by atoms with E-state index < -0.39 is 0 Å². The van der Waals surface area contributed by atoms with E-state index in [0.29, 0.717) is 6.54 Å². The van der Waals surface area contributed by atoms with Crippen LogP contribution in [0.15, 0.2) is 11.7 Å². The monoisotopic (exact) mass is 210 g/mol. The van der Waals surface area contributed by atoms with Crippen molar-refractivity contribution < 1.29 is 0 Å². The summed E-state index contributed by atoms with van der Waals surface area (Å²) in [5.74, 6) is 0.765. The Kier molecular flexibility index (Phi) is 2.80. The predicted molar refractivity (Wildman–Crippen MR) is 52.6 cm³/mol. The minimum absolute atomic E-state index is 0.641. The van der Waals surface area contributed by atoms with Gasteiger partial charge in [0, 0.05) is 12.7 Å². The lowest BCUT2D eigenvalue weighted by Gasteiger charge is -1.99. The molecular formula is C7H10N6S. The summed E-state index contributed by atoms with van der Waals surface area (Å²) in [6.45, 7) is 1.39. The zero-order valence-corrected chi connectivity index (χ0v) is 8.31. The lowest BCUT2D eigenvalue weighted by atomic mass is 10.4. The topological polar surface area (TPSA) is 82.5 Å². The zero-order valence-electron chi connectivity index (χ0n) is 7.50. The molecule has 0 unspecified atom stereocenters. The Hall–Kier alpha value is -1.34. The van der Waals surface area contributed by atoms with E-state index in [1.165, 1.54) is 11.3 Å². The number of aryl methyl sites for hydroxylation is 1. The van der Waals surface area contributed by atoms with Gasteiger partial charge in [-0.3, -0.25) is 4.98 Å². The number of rotatable bonds is 4. The van der Waals surface area contributed by atoms with Crippen LogP contribution in [-0.4, -0.2) is 31.7 Å². The van der Waals surface area contributed by atoms with Gasteiger partial charge >= 0.3 is 0 Å². The van der Waals surface area contributed by atoms with E-state index in [9.17, 15) is 0 Å². The third-order valence-electron chi connectivity index (χ3n) is 1.76. The highest BCUT2D eigenvalue weighted by molar-refractivity contribution is 7.13. The molecule has 0 aliphatic rings. The summed E-state index contributed by atoms with van der Waals surface area (Å²) in [6, 6.07) is 0. The van der Waals surface area contributed by atoms with Crippen LogP contribution < -0.4 is 5.73 Å². The molecule has 0 aliphatic carbocycles. The van der Waals surface area contributed by atoms with Gasteiger partial charge in [-0.1, -0.05) is 0 Å². The fraction of sp³-hybridized carbons (Fsp3) is 0.429. The third-order valence-corrected chi connectivity index (χ3v) is 2.53. The van der Waals surface area contributed by atoms with Crippen LogP contribution in [0, 0.1) is 0 Å². The first kappa shape index (κ1) is 9.22.